The molecule has 0 fully saturated rings. The van der Waals surface area contributed by atoms with E-state index in [1.54, 1.807) is 7.11 Å². The lowest BCUT2D eigenvalue weighted by molar-refractivity contribution is 0.0945. The van der Waals surface area contributed by atoms with Gasteiger partial charge in [0.05, 0.1) is 13.7 Å². The molecule has 0 saturated carbocycles. The van der Waals surface area contributed by atoms with Crippen LogP contribution in [0.25, 0.3) is 16.6 Å². The largest absolute Gasteiger partial charge is 0.497 e. The van der Waals surface area contributed by atoms with Crippen molar-refractivity contribution in [2.75, 3.05) is 7.11 Å². The highest BCUT2D eigenvalue weighted by molar-refractivity contribution is 5.98. The van der Waals surface area contributed by atoms with E-state index in [0.29, 0.717) is 18.1 Å². The zero-order valence-electron chi connectivity index (χ0n) is 13.0. The van der Waals surface area contributed by atoms with Crippen LogP contribution in [0, 0.1) is 0 Å². The highest BCUT2D eigenvalue weighted by Crippen LogP contribution is 2.21. The zero-order chi connectivity index (χ0) is 16.5. The van der Waals surface area contributed by atoms with Crippen LogP contribution >= 0.6 is 0 Å². The molecule has 7 nitrogen and oxygen atoms in total. The number of nitrogens with zero attached hydrogens (tertiary/aromatic N) is 3. The van der Waals surface area contributed by atoms with Crippen molar-refractivity contribution in [3.63, 3.8) is 0 Å². The Morgan fingerprint density at radius 2 is 2.17 bits per heavy atom. The number of aromatic amines is 1. The lowest BCUT2D eigenvalue weighted by Gasteiger charge is -2.02. The molecule has 120 valence electrons. The summed E-state index contributed by atoms with van der Waals surface area (Å²) in [6, 6.07) is 13.1. The van der Waals surface area contributed by atoms with Crippen molar-refractivity contribution in [2.45, 2.75) is 6.54 Å². The Morgan fingerprint density at radius 1 is 1.25 bits per heavy atom. The van der Waals surface area contributed by atoms with Crippen LogP contribution in [0.5, 0.6) is 5.75 Å². The monoisotopic (exact) mass is 321 g/mol. The van der Waals surface area contributed by atoms with E-state index in [9.17, 15) is 4.79 Å². The van der Waals surface area contributed by atoms with Gasteiger partial charge in [-0.1, -0.05) is 6.07 Å². The fourth-order valence-electron chi connectivity index (χ4n) is 2.62. The van der Waals surface area contributed by atoms with Crippen LogP contribution in [-0.2, 0) is 6.54 Å². The number of benzene rings is 1. The number of nitrogens with one attached hydrogen (secondary N) is 2. The van der Waals surface area contributed by atoms with Gasteiger partial charge in [-0.3, -0.25) is 9.20 Å². The van der Waals surface area contributed by atoms with Crippen molar-refractivity contribution in [2.24, 2.45) is 0 Å². The lowest BCUT2D eigenvalue weighted by atomic mass is 10.2. The average molecular weight is 321 g/mol. The maximum absolute atomic E-state index is 12.4. The van der Waals surface area contributed by atoms with E-state index < -0.39 is 0 Å². The highest BCUT2D eigenvalue weighted by Gasteiger charge is 2.11. The SMILES string of the molecule is COc1ccc2cc(C(=O)NCc3nnc4ccccn34)[nH]c2c1. The second kappa shape index (κ2) is 5.69. The molecule has 4 aromatic rings. The summed E-state index contributed by atoms with van der Waals surface area (Å²) in [5.41, 5.74) is 2.10. The molecule has 1 aromatic carbocycles. The summed E-state index contributed by atoms with van der Waals surface area (Å²) >= 11 is 0. The first kappa shape index (κ1) is 14.3. The molecule has 0 saturated heterocycles. The number of amides is 1. The Morgan fingerprint density at radius 3 is 3.04 bits per heavy atom. The molecule has 0 aliphatic rings. The van der Waals surface area contributed by atoms with Crippen molar-refractivity contribution >= 4 is 22.5 Å². The van der Waals surface area contributed by atoms with Crippen LogP contribution in [0.2, 0.25) is 0 Å². The van der Waals surface area contributed by atoms with Gasteiger partial charge in [0.15, 0.2) is 11.5 Å². The maximum atomic E-state index is 12.4. The molecule has 0 unspecified atom stereocenters. The van der Waals surface area contributed by atoms with Crippen molar-refractivity contribution in [3.8, 4) is 5.75 Å². The molecule has 0 atom stereocenters. The minimum atomic E-state index is -0.196. The summed E-state index contributed by atoms with van der Waals surface area (Å²) in [6.07, 6.45) is 1.87. The Bertz CT molecular complexity index is 1030. The third-order valence-electron chi connectivity index (χ3n) is 3.87. The summed E-state index contributed by atoms with van der Waals surface area (Å²) in [4.78, 5) is 15.5. The fraction of sp³-hybridized carbons (Fsp3) is 0.118. The number of carbonyl (C=O) groups excluding carboxylic acids is 1. The van der Waals surface area contributed by atoms with Crippen molar-refractivity contribution in [3.05, 3.63) is 60.2 Å². The third-order valence-corrected chi connectivity index (χ3v) is 3.87. The van der Waals surface area contributed by atoms with Crippen molar-refractivity contribution < 1.29 is 9.53 Å². The van der Waals surface area contributed by atoms with E-state index in [1.165, 1.54) is 0 Å². The first-order valence-corrected chi connectivity index (χ1v) is 7.48. The van der Waals surface area contributed by atoms with E-state index in [1.807, 2.05) is 53.1 Å². The van der Waals surface area contributed by atoms with Crippen molar-refractivity contribution in [1.29, 1.82) is 0 Å². The number of rotatable bonds is 4. The summed E-state index contributed by atoms with van der Waals surface area (Å²) in [5.74, 6) is 1.22. The predicted molar refractivity (Wildman–Crippen MR) is 89.0 cm³/mol. The molecule has 2 N–H and O–H groups in total. The van der Waals surface area contributed by atoms with Crippen LogP contribution < -0.4 is 10.1 Å². The van der Waals surface area contributed by atoms with Crippen LogP contribution in [0.3, 0.4) is 0 Å². The van der Waals surface area contributed by atoms with Crippen LogP contribution in [0.1, 0.15) is 16.3 Å². The number of fused-ring (bicyclic) bond motifs is 2. The Balaban J connectivity index is 1.53. The molecule has 4 rings (SSSR count). The van der Waals surface area contributed by atoms with Gasteiger partial charge in [-0.05, 0) is 30.3 Å². The summed E-state index contributed by atoms with van der Waals surface area (Å²) < 4.78 is 7.03. The minimum Gasteiger partial charge on any atom is -0.497 e. The molecule has 7 heteroatoms. The van der Waals surface area contributed by atoms with Gasteiger partial charge < -0.3 is 15.0 Å². The summed E-state index contributed by atoms with van der Waals surface area (Å²) in [5, 5.41) is 12.0. The number of carbonyl (C=O) groups is 1. The molecule has 0 spiro atoms. The second-order valence-electron chi connectivity index (χ2n) is 5.36. The van der Waals surface area contributed by atoms with E-state index in [4.69, 9.17) is 4.74 Å². The van der Waals surface area contributed by atoms with E-state index in [2.05, 4.69) is 20.5 Å². The van der Waals surface area contributed by atoms with Gasteiger partial charge in [0, 0.05) is 23.2 Å². The number of methoxy groups -OCH3 is 1. The normalized spacial score (nSPS) is 11.0. The van der Waals surface area contributed by atoms with E-state index >= 15 is 0 Å². The molecule has 24 heavy (non-hydrogen) atoms. The van der Waals surface area contributed by atoms with Gasteiger partial charge in [-0.25, -0.2) is 0 Å². The Labute approximate surface area is 137 Å². The van der Waals surface area contributed by atoms with Crippen LogP contribution in [-0.4, -0.2) is 32.6 Å². The number of ether oxygens (including phenoxy) is 1. The highest BCUT2D eigenvalue weighted by atomic mass is 16.5. The van der Waals surface area contributed by atoms with Gasteiger partial charge in [-0.2, -0.15) is 0 Å². The smallest absolute Gasteiger partial charge is 0.268 e. The van der Waals surface area contributed by atoms with Crippen LogP contribution in [0.15, 0.2) is 48.7 Å². The van der Waals surface area contributed by atoms with Gasteiger partial charge >= 0.3 is 0 Å². The van der Waals surface area contributed by atoms with E-state index in [-0.39, 0.29) is 5.91 Å². The Kier molecular flexibility index (Phi) is 3.38. The summed E-state index contributed by atoms with van der Waals surface area (Å²) in [6.45, 7) is 0.294. The number of hydrogen-bond donors (Lipinski definition) is 2. The quantitative estimate of drug-likeness (QED) is 0.603. The molecular formula is C17H15N5O2. The first-order chi connectivity index (χ1) is 11.7. The molecule has 0 bridgehead atoms. The number of pyridine rings is 1. The number of hydrogen-bond acceptors (Lipinski definition) is 4. The first-order valence-electron chi connectivity index (χ1n) is 7.48. The average Bonchev–Trinajstić information content (AvgIpc) is 3.23. The van der Waals surface area contributed by atoms with Gasteiger partial charge in [0.1, 0.15) is 11.4 Å². The van der Waals surface area contributed by atoms with Crippen LogP contribution in [0.4, 0.5) is 0 Å². The number of aromatic nitrogens is 4. The fourth-order valence-corrected chi connectivity index (χ4v) is 2.62. The zero-order valence-corrected chi connectivity index (χ0v) is 13.0. The molecule has 0 aliphatic carbocycles. The predicted octanol–water partition coefficient (Wildman–Crippen LogP) is 2.15. The van der Waals surface area contributed by atoms with Gasteiger partial charge in [0.25, 0.3) is 5.91 Å². The topological polar surface area (TPSA) is 84.3 Å². The van der Waals surface area contributed by atoms with Gasteiger partial charge in [-0.15, -0.1) is 10.2 Å². The molecule has 0 aliphatic heterocycles. The molecule has 1 amide bonds. The molecule has 3 aromatic heterocycles. The lowest BCUT2D eigenvalue weighted by Crippen LogP contribution is -2.24. The maximum Gasteiger partial charge on any atom is 0.268 e. The Hall–Kier alpha value is -3.35. The third kappa shape index (κ3) is 2.45. The molecular weight excluding hydrogens is 306 g/mol. The minimum absolute atomic E-state index is 0.196. The molecule has 3 heterocycles. The summed E-state index contributed by atoms with van der Waals surface area (Å²) in [7, 11) is 1.61. The van der Waals surface area contributed by atoms with Gasteiger partial charge in [0.2, 0.25) is 0 Å². The second-order valence-corrected chi connectivity index (χ2v) is 5.36. The number of H-pyrrole nitrogens is 1. The standard InChI is InChI=1S/C17H15N5O2/c1-24-12-6-5-11-8-14(19-13(11)9-12)17(23)18-10-16-21-20-15-4-2-3-7-22(15)16/h2-9,19H,10H2,1H3,(H,18,23). The van der Waals surface area contributed by atoms with E-state index in [0.717, 1.165) is 22.3 Å². The molecule has 0 radical (unpaired) electrons. The van der Waals surface area contributed by atoms with Crippen molar-refractivity contribution in [1.82, 2.24) is 24.9 Å².